The van der Waals surface area contributed by atoms with Gasteiger partial charge in [-0.15, -0.1) is 11.3 Å². The van der Waals surface area contributed by atoms with Gasteiger partial charge in [0, 0.05) is 5.38 Å². The molecule has 1 heterocycles. The lowest BCUT2D eigenvalue weighted by atomic mass is 10.3. The Bertz CT molecular complexity index is 495. The molecule has 0 fully saturated rings. The molecule has 0 spiro atoms. The number of para-hydroxylation sites is 1. The van der Waals surface area contributed by atoms with Crippen molar-refractivity contribution in [3.05, 3.63) is 45.6 Å². The Morgan fingerprint density at radius 2 is 2.31 bits per heavy atom. The largest absolute Gasteiger partial charge is 0.317 e. The summed E-state index contributed by atoms with van der Waals surface area (Å²) in [4.78, 5) is 15.4. The molecule has 1 aromatic carbocycles. The highest BCUT2D eigenvalue weighted by Gasteiger charge is 2.13. The molecule has 0 aliphatic rings. The highest BCUT2D eigenvalue weighted by Crippen LogP contribution is 2.25. The number of nitrogens with one attached hydrogen (secondary N) is 1. The van der Waals surface area contributed by atoms with Crippen molar-refractivity contribution in [1.82, 2.24) is 4.98 Å². The van der Waals surface area contributed by atoms with Crippen molar-refractivity contribution in [2.45, 2.75) is 0 Å². The van der Waals surface area contributed by atoms with Crippen molar-refractivity contribution in [2.24, 2.45) is 0 Å². The first-order chi connectivity index (χ1) is 7.68. The van der Waals surface area contributed by atoms with Crippen molar-refractivity contribution >= 4 is 34.5 Å². The fraction of sp³-hybridized carbons (Fsp3) is 0. The van der Waals surface area contributed by atoms with Crippen LogP contribution in [-0.4, -0.2) is 10.9 Å². The Labute approximate surface area is 99.9 Å². The summed E-state index contributed by atoms with van der Waals surface area (Å²) in [6.07, 6.45) is 0. The molecule has 1 amide bonds. The monoisotopic (exact) mass is 256 g/mol. The van der Waals surface area contributed by atoms with Crippen LogP contribution in [0.15, 0.2) is 29.1 Å². The number of nitrogens with zero attached hydrogens (tertiary/aromatic N) is 1. The molecule has 2 aromatic rings. The highest BCUT2D eigenvalue weighted by molar-refractivity contribution is 7.07. The van der Waals surface area contributed by atoms with E-state index in [1.54, 1.807) is 5.38 Å². The first-order valence-corrected chi connectivity index (χ1v) is 5.64. The van der Waals surface area contributed by atoms with Gasteiger partial charge in [0.15, 0.2) is 0 Å². The summed E-state index contributed by atoms with van der Waals surface area (Å²) in [6, 6.07) is 4.19. The van der Waals surface area contributed by atoms with E-state index in [-0.39, 0.29) is 16.4 Å². The molecule has 0 aliphatic carbocycles. The van der Waals surface area contributed by atoms with Gasteiger partial charge in [-0.2, -0.15) is 0 Å². The van der Waals surface area contributed by atoms with Crippen LogP contribution in [0.3, 0.4) is 0 Å². The lowest BCUT2D eigenvalue weighted by Crippen LogP contribution is -2.13. The number of amides is 1. The van der Waals surface area contributed by atoms with E-state index >= 15 is 0 Å². The second kappa shape index (κ2) is 4.59. The number of rotatable bonds is 2. The third-order valence-corrected chi connectivity index (χ3v) is 2.77. The molecule has 0 saturated heterocycles. The van der Waals surface area contributed by atoms with Gasteiger partial charge < -0.3 is 5.32 Å². The fourth-order valence-electron chi connectivity index (χ4n) is 1.12. The number of carbonyl (C=O) groups is 1. The summed E-state index contributed by atoms with van der Waals surface area (Å²) in [5, 5.41) is 4.11. The molecule has 16 heavy (non-hydrogen) atoms. The van der Waals surface area contributed by atoms with Gasteiger partial charge in [0.2, 0.25) is 0 Å². The van der Waals surface area contributed by atoms with Gasteiger partial charge >= 0.3 is 0 Å². The van der Waals surface area contributed by atoms with E-state index in [0.717, 1.165) is 0 Å². The Morgan fingerprint density at radius 1 is 1.50 bits per heavy atom. The fourth-order valence-corrected chi connectivity index (χ4v) is 1.86. The van der Waals surface area contributed by atoms with Gasteiger partial charge in [-0.25, -0.2) is 9.37 Å². The Balaban J connectivity index is 2.25. The number of aromatic nitrogens is 1. The van der Waals surface area contributed by atoms with E-state index in [0.29, 0.717) is 0 Å². The summed E-state index contributed by atoms with van der Waals surface area (Å²) < 4.78 is 13.3. The maximum Gasteiger partial charge on any atom is 0.275 e. The van der Waals surface area contributed by atoms with Crippen molar-refractivity contribution in [1.29, 1.82) is 0 Å². The summed E-state index contributed by atoms with van der Waals surface area (Å²) in [6.45, 7) is 0. The second-order valence-corrected chi connectivity index (χ2v) is 4.05. The molecule has 3 nitrogen and oxygen atoms in total. The molecule has 0 aliphatic heterocycles. The molecule has 0 saturated carbocycles. The SMILES string of the molecule is O=C(Nc1c(F)cccc1Cl)c1cscn1. The molecule has 82 valence electrons. The van der Waals surface area contributed by atoms with E-state index in [2.05, 4.69) is 10.3 Å². The molecule has 2 rings (SSSR count). The summed E-state index contributed by atoms with van der Waals surface area (Å²) >= 11 is 7.05. The normalized spacial score (nSPS) is 10.1. The van der Waals surface area contributed by atoms with Crippen LogP contribution >= 0.6 is 22.9 Å². The minimum atomic E-state index is -0.573. The van der Waals surface area contributed by atoms with Crippen LogP contribution in [0.4, 0.5) is 10.1 Å². The lowest BCUT2D eigenvalue weighted by Gasteiger charge is -2.06. The van der Waals surface area contributed by atoms with Crippen LogP contribution in [0.2, 0.25) is 5.02 Å². The smallest absolute Gasteiger partial charge is 0.275 e. The maximum absolute atomic E-state index is 13.3. The standard InChI is InChI=1S/C10H6ClFN2OS/c11-6-2-1-3-7(12)9(6)14-10(15)8-4-16-5-13-8/h1-5H,(H,14,15). The van der Waals surface area contributed by atoms with Crippen LogP contribution in [0.25, 0.3) is 0 Å². The van der Waals surface area contributed by atoms with E-state index in [1.165, 1.54) is 35.0 Å². The topological polar surface area (TPSA) is 42.0 Å². The first-order valence-electron chi connectivity index (χ1n) is 4.32. The number of benzene rings is 1. The average Bonchev–Trinajstić information content (AvgIpc) is 2.76. The zero-order valence-corrected chi connectivity index (χ0v) is 9.48. The number of thiazole rings is 1. The number of hydrogen-bond acceptors (Lipinski definition) is 3. The lowest BCUT2D eigenvalue weighted by molar-refractivity contribution is 0.102. The van der Waals surface area contributed by atoms with E-state index < -0.39 is 11.7 Å². The van der Waals surface area contributed by atoms with Crippen molar-refractivity contribution < 1.29 is 9.18 Å². The summed E-state index contributed by atoms with van der Waals surface area (Å²) in [5.74, 6) is -1.05. The van der Waals surface area contributed by atoms with Gasteiger partial charge in [-0.3, -0.25) is 4.79 Å². The third-order valence-electron chi connectivity index (χ3n) is 1.87. The van der Waals surface area contributed by atoms with E-state index in [4.69, 9.17) is 11.6 Å². The van der Waals surface area contributed by atoms with Gasteiger partial charge in [-0.05, 0) is 12.1 Å². The van der Waals surface area contributed by atoms with Gasteiger partial charge in [-0.1, -0.05) is 17.7 Å². The Hall–Kier alpha value is -1.46. The van der Waals surface area contributed by atoms with Gasteiger partial charge in [0.1, 0.15) is 11.5 Å². The molecule has 1 N–H and O–H groups in total. The number of halogens is 2. The number of anilines is 1. The van der Waals surface area contributed by atoms with Crippen LogP contribution in [0.1, 0.15) is 10.5 Å². The van der Waals surface area contributed by atoms with Crippen molar-refractivity contribution in [3.63, 3.8) is 0 Å². The zero-order chi connectivity index (χ0) is 11.5. The molecule has 0 atom stereocenters. The molecule has 0 unspecified atom stereocenters. The molecular formula is C10H6ClFN2OS. The predicted octanol–water partition coefficient (Wildman–Crippen LogP) is 3.19. The molecule has 0 bridgehead atoms. The number of hydrogen-bond donors (Lipinski definition) is 1. The van der Waals surface area contributed by atoms with Crippen molar-refractivity contribution in [3.8, 4) is 0 Å². The van der Waals surface area contributed by atoms with E-state index in [9.17, 15) is 9.18 Å². The maximum atomic E-state index is 13.3. The predicted molar refractivity (Wildman–Crippen MR) is 61.5 cm³/mol. The molecule has 1 aromatic heterocycles. The van der Waals surface area contributed by atoms with Gasteiger partial charge in [0.05, 0.1) is 16.2 Å². The Morgan fingerprint density at radius 3 is 2.94 bits per heavy atom. The minimum absolute atomic E-state index is 0.0258. The van der Waals surface area contributed by atoms with Crippen LogP contribution in [0, 0.1) is 5.82 Å². The quantitative estimate of drug-likeness (QED) is 0.897. The highest BCUT2D eigenvalue weighted by atomic mass is 35.5. The molecule has 6 heteroatoms. The number of carbonyl (C=O) groups excluding carboxylic acids is 1. The van der Waals surface area contributed by atoms with E-state index in [1.807, 2.05) is 0 Å². The van der Waals surface area contributed by atoms with Crippen LogP contribution < -0.4 is 5.32 Å². The second-order valence-electron chi connectivity index (χ2n) is 2.92. The van der Waals surface area contributed by atoms with Crippen LogP contribution in [-0.2, 0) is 0 Å². The summed E-state index contributed by atoms with van der Waals surface area (Å²) in [5.41, 5.74) is 1.74. The zero-order valence-electron chi connectivity index (χ0n) is 7.91. The Kier molecular flexibility index (Phi) is 3.17. The average molecular weight is 257 g/mol. The van der Waals surface area contributed by atoms with Crippen molar-refractivity contribution in [2.75, 3.05) is 5.32 Å². The molecular weight excluding hydrogens is 251 g/mol. The third kappa shape index (κ3) is 2.20. The van der Waals surface area contributed by atoms with Crippen LogP contribution in [0.5, 0.6) is 0 Å². The first kappa shape index (κ1) is 11.0. The minimum Gasteiger partial charge on any atom is -0.317 e. The van der Waals surface area contributed by atoms with Gasteiger partial charge in [0.25, 0.3) is 5.91 Å². The molecule has 0 radical (unpaired) electrons. The summed E-state index contributed by atoms with van der Waals surface area (Å²) in [7, 11) is 0.